The Balaban J connectivity index is 2.92. The normalized spacial score (nSPS) is 25.7. The molecule has 0 saturated heterocycles. The molecule has 2 nitrogen and oxygen atoms in total. The number of rotatable bonds is 2. The van der Waals surface area contributed by atoms with Gasteiger partial charge < -0.3 is 10.2 Å². The van der Waals surface area contributed by atoms with Crippen molar-refractivity contribution in [2.75, 3.05) is 0 Å². The second-order valence-corrected chi connectivity index (χ2v) is 4.56. The molecule has 1 aliphatic carbocycles. The first-order valence-electron chi connectivity index (χ1n) is 5.35. The van der Waals surface area contributed by atoms with Gasteiger partial charge in [0, 0.05) is 0 Å². The van der Waals surface area contributed by atoms with E-state index in [1.807, 2.05) is 0 Å². The zero-order valence-corrected chi connectivity index (χ0v) is 9.16. The third kappa shape index (κ3) is 2.34. The minimum atomic E-state index is -1.43. The Morgan fingerprint density at radius 2 is 1.80 bits per heavy atom. The van der Waals surface area contributed by atoms with E-state index in [9.17, 15) is 10.2 Å². The standard InChI is InChI=1S/C13H18O2/c1-4-11(12(3,14)5-2)13(15)9-7-6-8-10-13/h1-2,11,14-15H,6-10H2,3H3. The van der Waals surface area contributed by atoms with Gasteiger partial charge in [0.2, 0.25) is 0 Å². The van der Waals surface area contributed by atoms with E-state index in [1.165, 1.54) is 6.92 Å². The van der Waals surface area contributed by atoms with E-state index in [2.05, 4.69) is 11.8 Å². The maximum atomic E-state index is 10.4. The molecule has 1 rings (SSSR count). The molecule has 1 aliphatic rings. The SMILES string of the molecule is C#CC(C(C)(O)C#C)C1(O)CCCCC1. The molecule has 0 heterocycles. The van der Waals surface area contributed by atoms with Crippen LogP contribution in [0.15, 0.2) is 0 Å². The zero-order chi connectivity index (χ0) is 11.5. The molecule has 2 heteroatoms. The van der Waals surface area contributed by atoms with Crippen molar-refractivity contribution in [3.05, 3.63) is 0 Å². The summed E-state index contributed by atoms with van der Waals surface area (Å²) in [7, 11) is 0. The first-order valence-corrected chi connectivity index (χ1v) is 5.35. The van der Waals surface area contributed by atoms with Crippen molar-refractivity contribution in [2.24, 2.45) is 5.92 Å². The van der Waals surface area contributed by atoms with Crippen LogP contribution in [0.25, 0.3) is 0 Å². The lowest BCUT2D eigenvalue weighted by Gasteiger charge is -2.41. The Labute approximate surface area is 91.7 Å². The van der Waals surface area contributed by atoms with Crippen molar-refractivity contribution < 1.29 is 10.2 Å². The maximum absolute atomic E-state index is 10.4. The van der Waals surface area contributed by atoms with E-state index in [1.54, 1.807) is 0 Å². The summed E-state index contributed by atoms with van der Waals surface area (Å²) in [5.41, 5.74) is -2.43. The van der Waals surface area contributed by atoms with Crippen LogP contribution in [0.4, 0.5) is 0 Å². The second kappa shape index (κ2) is 4.27. The van der Waals surface area contributed by atoms with Gasteiger partial charge in [0.25, 0.3) is 0 Å². The number of aliphatic hydroxyl groups is 2. The molecule has 0 aromatic rings. The molecule has 0 amide bonds. The molecule has 15 heavy (non-hydrogen) atoms. The lowest BCUT2D eigenvalue weighted by Crippen LogP contribution is -2.50. The van der Waals surface area contributed by atoms with Gasteiger partial charge in [-0.05, 0) is 19.8 Å². The average molecular weight is 206 g/mol. The molecule has 0 bridgehead atoms. The molecule has 1 fully saturated rings. The fraction of sp³-hybridized carbons (Fsp3) is 0.692. The Morgan fingerprint density at radius 1 is 1.27 bits per heavy atom. The maximum Gasteiger partial charge on any atom is 0.138 e. The van der Waals surface area contributed by atoms with E-state index in [0.29, 0.717) is 12.8 Å². The number of hydrogen-bond donors (Lipinski definition) is 2. The van der Waals surface area contributed by atoms with Crippen LogP contribution in [-0.4, -0.2) is 21.4 Å². The number of terminal acetylenes is 2. The van der Waals surface area contributed by atoms with Crippen molar-refractivity contribution in [1.82, 2.24) is 0 Å². The molecule has 82 valence electrons. The number of hydrogen-bond acceptors (Lipinski definition) is 2. The summed E-state index contributed by atoms with van der Waals surface area (Å²) in [5, 5.41) is 20.4. The Bertz CT molecular complexity index is 297. The summed E-state index contributed by atoms with van der Waals surface area (Å²) in [6.07, 6.45) is 14.9. The highest BCUT2D eigenvalue weighted by Gasteiger charge is 2.45. The van der Waals surface area contributed by atoms with Crippen LogP contribution in [-0.2, 0) is 0 Å². The van der Waals surface area contributed by atoms with Crippen molar-refractivity contribution in [2.45, 2.75) is 50.2 Å². The van der Waals surface area contributed by atoms with Crippen molar-refractivity contribution in [1.29, 1.82) is 0 Å². The van der Waals surface area contributed by atoms with Gasteiger partial charge in [-0.15, -0.1) is 12.8 Å². The first-order chi connectivity index (χ1) is 6.96. The zero-order valence-electron chi connectivity index (χ0n) is 9.16. The molecular weight excluding hydrogens is 188 g/mol. The minimum Gasteiger partial charge on any atom is -0.388 e. The lowest BCUT2D eigenvalue weighted by atomic mass is 9.69. The highest BCUT2D eigenvalue weighted by atomic mass is 16.3. The van der Waals surface area contributed by atoms with Gasteiger partial charge in [0.05, 0.1) is 11.5 Å². The van der Waals surface area contributed by atoms with E-state index < -0.39 is 17.1 Å². The quantitative estimate of drug-likeness (QED) is 0.669. The minimum absolute atomic E-state index is 0.625. The third-order valence-electron chi connectivity index (χ3n) is 3.28. The highest BCUT2D eigenvalue weighted by molar-refractivity contribution is 5.21. The van der Waals surface area contributed by atoms with Crippen LogP contribution < -0.4 is 0 Å². The monoisotopic (exact) mass is 206 g/mol. The molecule has 2 N–H and O–H groups in total. The summed E-state index contributed by atoms with van der Waals surface area (Å²) in [4.78, 5) is 0. The first kappa shape index (κ1) is 12.1. The van der Waals surface area contributed by atoms with Gasteiger partial charge in [0.15, 0.2) is 0 Å². The largest absolute Gasteiger partial charge is 0.388 e. The predicted molar refractivity (Wildman–Crippen MR) is 59.8 cm³/mol. The summed E-state index contributed by atoms with van der Waals surface area (Å²) in [5.74, 6) is 4.04. The molecule has 0 aromatic heterocycles. The summed E-state index contributed by atoms with van der Waals surface area (Å²) < 4.78 is 0. The molecule has 0 radical (unpaired) electrons. The van der Waals surface area contributed by atoms with Crippen LogP contribution in [0.2, 0.25) is 0 Å². The van der Waals surface area contributed by atoms with E-state index in [4.69, 9.17) is 12.8 Å². The summed E-state index contributed by atoms with van der Waals surface area (Å²) in [6, 6.07) is 0. The van der Waals surface area contributed by atoms with Crippen molar-refractivity contribution in [3.8, 4) is 24.7 Å². The van der Waals surface area contributed by atoms with Crippen LogP contribution in [0, 0.1) is 30.6 Å². The van der Waals surface area contributed by atoms with E-state index in [-0.39, 0.29) is 0 Å². The topological polar surface area (TPSA) is 40.5 Å². The predicted octanol–water partition coefficient (Wildman–Crippen LogP) is 1.32. The molecule has 2 atom stereocenters. The van der Waals surface area contributed by atoms with Crippen LogP contribution >= 0.6 is 0 Å². The van der Waals surface area contributed by atoms with Gasteiger partial charge in [-0.25, -0.2) is 0 Å². The Morgan fingerprint density at radius 3 is 2.20 bits per heavy atom. The summed E-state index contributed by atoms with van der Waals surface area (Å²) in [6.45, 7) is 1.49. The van der Waals surface area contributed by atoms with Crippen molar-refractivity contribution in [3.63, 3.8) is 0 Å². The van der Waals surface area contributed by atoms with Crippen LogP contribution in [0.3, 0.4) is 0 Å². The van der Waals surface area contributed by atoms with Gasteiger partial charge in [-0.2, -0.15) is 0 Å². The van der Waals surface area contributed by atoms with Crippen molar-refractivity contribution >= 4 is 0 Å². The third-order valence-corrected chi connectivity index (χ3v) is 3.28. The van der Waals surface area contributed by atoms with Crippen LogP contribution in [0.1, 0.15) is 39.0 Å². The fourth-order valence-electron chi connectivity index (χ4n) is 2.38. The Hall–Kier alpha value is -0.960. The summed E-state index contributed by atoms with van der Waals surface area (Å²) >= 11 is 0. The lowest BCUT2D eigenvalue weighted by molar-refractivity contribution is -0.0874. The molecule has 0 spiro atoms. The molecular formula is C13H18O2. The van der Waals surface area contributed by atoms with Gasteiger partial charge in [-0.1, -0.05) is 31.1 Å². The van der Waals surface area contributed by atoms with Gasteiger partial charge in [-0.3, -0.25) is 0 Å². The molecule has 1 saturated carbocycles. The van der Waals surface area contributed by atoms with Gasteiger partial charge >= 0.3 is 0 Å². The fourth-order valence-corrected chi connectivity index (χ4v) is 2.38. The van der Waals surface area contributed by atoms with Gasteiger partial charge in [0.1, 0.15) is 5.60 Å². The van der Waals surface area contributed by atoms with E-state index >= 15 is 0 Å². The Kier molecular flexibility index (Phi) is 3.45. The molecule has 0 aliphatic heterocycles. The molecule has 0 aromatic carbocycles. The second-order valence-electron chi connectivity index (χ2n) is 4.56. The van der Waals surface area contributed by atoms with E-state index in [0.717, 1.165) is 19.3 Å². The van der Waals surface area contributed by atoms with Crippen LogP contribution in [0.5, 0.6) is 0 Å². The smallest absolute Gasteiger partial charge is 0.138 e. The average Bonchev–Trinajstić information content (AvgIpc) is 2.19. The highest BCUT2D eigenvalue weighted by Crippen LogP contribution is 2.38. The molecule has 2 unspecified atom stereocenters.